The van der Waals surface area contributed by atoms with Crippen molar-refractivity contribution in [1.29, 1.82) is 0 Å². The van der Waals surface area contributed by atoms with Crippen LogP contribution in [0.5, 0.6) is 0 Å². The van der Waals surface area contributed by atoms with Crippen molar-refractivity contribution in [2.24, 2.45) is 0 Å². The lowest BCUT2D eigenvalue weighted by Gasteiger charge is -2.35. The molecule has 0 aliphatic rings. The number of hydrogen-bond acceptors (Lipinski definition) is 5. The van der Waals surface area contributed by atoms with Gasteiger partial charge in [-0.25, -0.2) is 4.79 Å². The summed E-state index contributed by atoms with van der Waals surface area (Å²) in [5.41, 5.74) is 2.69. The lowest BCUT2D eigenvalue weighted by atomic mass is 9.96. The Balaban J connectivity index is 2.04. The number of nitrogens with zero attached hydrogens (tertiary/aromatic N) is 1. The fourth-order valence-corrected chi connectivity index (χ4v) is 5.37. The molecule has 2 atom stereocenters. The van der Waals surface area contributed by atoms with Crippen molar-refractivity contribution in [1.82, 2.24) is 10.2 Å². The lowest BCUT2D eigenvalue weighted by molar-refractivity contribution is -0.141. The number of aryl methyl sites for hydroxylation is 2. The molecule has 3 aromatic carbocycles. The summed E-state index contributed by atoms with van der Waals surface area (Å²) in [5, 5.41) is 7.98. The summed E-state index contributed by atoms with van der Waals surface area (Å²) in [7, 11) is 0. The van der Waals surface area contributed by atoms with Gasteiger partial charge in [-0.05, 0) is 93.5 Å². The summed E-state index contributed by atoms with van der Waals surface area (Å²) in [6.45, 7) is 11.7. The van der Waals surface area contributed by atoms with Crippen molar-refractivity contribution >= 4 is 46.1 Å². The smallest absolute Gasteiger partial charge is 0.408 e. The standard InChI is InChI=1S/C34H45N3O4S/c1-8-9-19-37(32(39)29(18-20-42-7)36-33(40)41-34(4,5)6)30(28-17-14-23(2)21-24(28)3)31(38)35-27-16-15-25-12-10-11-13-26(25)22-27/h10-17,21-22,29-30H,8-9,18-20H2,1-7H3,(H,35,38)(H,36,40). The van der Waals surface area contributed by atoms with Crippen LogP contribution < -0.4 is 10.6 Å². The number of nitrogens with one attached hydrogen (secondary N) is 2. The molecule has 0 saturated carbocycles. The van der Waals surface area contributed by atoms with Crippen LogP contribution in [0.4, 0.5) is 10.5 Å². The monoisotopic (exact) mass is 591 g/mol. The minimum absolute atomic E-state index is 0.303. The molecule has 0 bridgehead atoms. The van der Waals surface area contributed by atoms with Gasteiger partial charge >= 0.3 is 6.09 Å². The highest BCUT2D eigenvalue weighted by molar-refractivity contribution is 7.98. The molecule has 3 amide bonds. The van der Waals surface area contributed by atoms with E-state index in [9.17, 15) is 14.4 Å². The van der Waals surface area contributed by atoms with Crippen molar-refractivity contribution in [2.75, 3.05) is 23.9 Å². The molecule has 2 N–H and O–H groups in total. The van der Waals surface area contributed by atoms with Crippen LogP contribution in [-0.2, 0) is 14.3 Å². The van der Waals surface area contributed by atoms with Gasteiger partial charge < -0.3 is 20.3 Å². The topological polar surface area (TPSA) is 87.7 Å². The van der Waals surface area contributed by atoms with Crippen molar-refractivity contribution in [3.8, 4) is 0 Å². The molecule has 0 spiro atoms. The van der Waals surface area contributed by atoms with Gasteiger partial charge in [0.1, 0.15) is 17.7 Å². The molecule has 0 heterocycles. The number of alkyl carbamates (subject to hydrolysis) is 1. The lowest BCUT2D eigenvalue weighted by Crippen LogP contribution is -2.53. The number of ether oxygens (including phenoxy) is 1. The summed E-state index contributed by atoms with van der Waals surface area (Å²) in [6.07, 6.45) is 3.26. The third-order valence-corrected chi connectivity index (χ3v) is 7.58. The molecule has 0 fully saturated rings. The Bertz CT molecular complexity index is 1380. The number of anilines is 1. The number of hydrogen-bond donors (Lipinski definition) is 2. The Kier molecular flexibility index (Phi) is 11.9. The number of thioether (sulfide) groups is 1. The van der Waals surface area contributed by atoms with E-state index in [1.165, 1.54) is 0 Å². The van der Waals surface area contributed by atoms with Crippen LogP contribution >= 0.6 is 11.8 Å². The second-order valence-corrected chi connectivity index (χ2v) is 12.7. The van der Waals surface area contributed by atoms with Crippen LogP contribution in [0.25, 0.3) is 10.8 Å². The number of unbranched alkanes of at least 4 members (excludes halogenated alkanes) is 1. The fourth-order valence-electron chi connectivity index (χ4n) is 4.90. The molecular formula is C34H45N3O4S. The quantitative estimate of drug-likeness (QED) is 0.229. The van der Waals surface area contributed by atoms with E-state index in [0.29, 0.717) is 30.8 Å². The average molecular weight is 592 g/mol. The summed E-state index contributed by atoms with van der Waals surface area (Å²) < 4.78 is 5.49. The van der Waals surface area contributed by atoms with Crippen molar-refractivity contribution in [2.45, 2.75) is 78.5 Å². The maximum Gasteiger partial charge on any atom is 0.408 e. The van der Waals surface area contributed by atoms with Gasteiger partial charge in [0, 0.05) is 12.2 Å². The van der Waals surface area contributed by atoms with E-state index >= 15 is 0 Å². The molecule has 7 nitrogen and oxygen atoms in total. The maximum absolute atomic E-state index is 14.3. The van der Waals surface area contributed by atoms with Gasteiger partial charge in [0.05, 0.1) is 0 Å². The highest BCUT2D eigenvalue weighted by Gasteiger charge is 2.36. The predicted octanol–water partition coefficient (Wildman–Crippen LogP) is 7.41. The summed E-state index contributed by atoms with van der Waals surface area (Å²) in [5.74, 6) is 0.0512. The first kappa shape index (κ1) is 33.0. The molecule has 226 valence electrons. The van der Waals surface area contributed by atoms with Crippen LogP contribution in [0.15, 0.2) is 60.7 Å². The van der Waals surface area contributed by atoms with E-state index in [-0.39, 0.29) is 11.8 Å². The molecule has 2 unspecified atom stereocenters. The first-order valence-electron chi connectivity index (χ1n) is 14.6. The molecule has 8 heteroatoms. The van der Waals surface area contributed by atoms with E-state index in [2.05, 4.69) is 10.6 Å². The zero-order chi connectivity index (χ0) is 30.9. The van der Waals surface area contributed by atoms with Gasteiger partial charge in [0.15, 0.2) is 0 Å². The Morgan fingerprint density at radius 2 is 1.69 bits per heavy atom. The Morgan fingerprint density at radius 3 is 2.33 bits per heavy atom. The molecule has 0 radical (unpaired) electrons. The highest BCUT2D eigenvalue weighted by atomic mass is 32.2. The molecule has 42 heavy (non-hydrogen) atoms. The van der Waals surface area contributed by atoms with Crippen LogP contribution in [0.3, 0.4) is 0 Å². The largest absolute Gasteiger partial charge is 0.444 e. The van der Waals surface area contributed by atoms with E-state index in [1.807, 2.05) is 87.7 Å². The average Bonchev–Trinajstić information content (AvgIpc) is 2.92. The Hall–Kier alpha value is -3.52. The molecule has 0 saturated heterocycles. The molecule has 0 aliphatic carbocycles. The fraction of sp³-hybridized carbons (Fsp3) is 0.441. The first-order chi connectivity index (χ1) is 19.9. The third-order valence-electron chi connectivity index (χ3n) is 6.93. The minimum atomic E-state index is -0.895. The van der Waals surface area contributed by atoms with Crippen LogP contribution in [-0.4, -0.2) is 53.0 Å². The van der Waals surface area contributed by atoms with Gasteiger partial charge in [-0.3, -0.25) is 9.59 Å². The first-order valence-corrected chi connectivity index (χ1v) is 16.0. The van der Waals surface area contributed by atoms with E-state index in [1.54, 1.807) is 37.4 Å². The highest BCUT2D eigenvalue weighted by Crippen LogP contribution is 2.29. The van der Waals surface area contributed by atoms with Gasteiger partial charge in [-0.1, -0.05) is 67.4 Å². The molecule has 3 rings (SSSR count). The van der Waals surface area contributed by atoms with E-state index < -0.39 is 23.8 Å². The number of fused-ring (bicyclic) bond motifs is 1. The SMILES string of the molecule is CCCCN(C(=O)C(CCSC)NC(=O)OC(C)(C)C)C(C(=O)Nc1ccc2ccccc2c1)c1ccc(C)cc1C. The molecule has 0 aromatic heterocycles. The second kappa shape index (κ2) is 15.1. The van der Waals surface area contributed by atoms with E-state index in [4.69, 9.17) is 4.74 Å². The zero-order valence-electron chi connectivity index (χ0n) is 26.0. The number of carbonyl (C=O) groups is 3. The Labute approximate surface area is 254 Å². The van der Waals surface area contributed by atoms with Crippen molar-refractivity contribution in [3.63, 3.8) is 0 Å². The van der Waals surface area contributed by atoms with Gasteiger partial charge in [-0.15, -0.1) is 0 Å². The molecule has 3 aromatic rings. The van der Waals surface area contributed by atoms with Crippen LogP contribution in [0, 0.1) is 13.8 Å². The number of amides is 3. The third kappa shape index (κ3) is 9.24. The summed E-state index contributed by atoms with van der Waals surface area (Å²) >= 11 is 1.59. The molecular weight excluding hydrogens is 546 g/mol. The van der Waals surface area contributed by atoms with Crippen molar-refractivity contribution in [3.05, 3.63) is 77.4 Å². The van der Waals surface area contributed by atoms with Gasteiger partial charge in [0.25, 0.3) is 5.91 Å². The van der Waals surface area contributed by atoms with Gasteiger partial charge in [0.2, 0.25) is 5.91 Å². The number of benzene rings is 3. The van der Waals surface area contributed by atoms with Crippen molar-refractivity contribution < 1.29 is 19.1 Å². The van der Waals surface area contributed by atoms with Crippen LogP contribution in [0.2, 0.25) is 0 Å². The minimum Gasteiger partial charge on any atom is -0.444 e. The van der Waals surface area contributed by atoms with E-state index in [0.717, 1.165) is 33.9 Å². The second-order valence-electron chi connectivity index (χ2n) is 11.7. The summed E-state index contributed by atoms with van der Waals surface area (Å²) in [4.78, 5) is 43.0. The van der Waals surface area contributed by atoms with Gasteiger partial charge in [-0.2, -0.15) is 11.8 Å². The van der Waals surface area contributed by atoms with Crippen LogP contribution in [0.1, 0.15) is 69.7 Å². The molecule has 0 aliphatic heterocycles. The zero-order valence-corrected chi connectivity index (χ0v) is 26.8. The normalized spacial score (nSPS) is 12.8. The predicted molar refractivity (Wildman–Crippen MR) is 174 cm³/mol. The summed E-state index contributed by atoms with van der Waals surface area (Å²) in [6, 6.07) is 17.9. The number of carbonyl (C=O) groups excluding carboxylic acids is 3. The Morgan fingerprint density at radius 1 is 0.976 bits per heavy atom. The number of rotatable bonds is 12. The maximum atomic E-state index is 14.3.